The van der Waals surface area contributed by atoms with E-state index in [0.29, 0.717) is 12.1 Å². The fourth-order valence-corrected chi connectivity index (χ4v) is 5.33. The topological polar surface area (TPSA) is 79.3 Å². The molecule has 2 fully saturated rings. The zero-order valence-corrected chi connectivity index (χ0v) is 20.8. The predicted octanol–water partition coefficient (Wildman–Crippen LogP) is 3.99. The van der Waals surface area contributed by atoms with Crippen molar-refractivity contribution in [3.63, 3.8) is 0 Å². The number of nitrogens with zero attached hydrogens (tertiary/aromatic N) is 2. The smallest absolute Gasteiger partial charge is 0.295 e. The van der Waals surface area contributed by atoms with E-state index < -0.39 is 17.7 Å². The van der Waals surface area contributed by atoms with E-state index in [9.17, 15) is 14.7 Å². The molecule has 1 N–H and O–H groups in total. The molecule has 2 aliphatic heterocycles. The van der Waals surface area contributed by atoms with Gasteiger partial charge in [-0.15, -0.1) is 11.3 Å². The first-order valence-corrected chi connectivity index (χ1v) is 12.6. The van der Waals surface area contributed by atoms with E-state index in [1.54, 1.807) is 23.1 Å². The summed E-state index contributed by atoms with van der Waals surface area (Å²) in [6.07, 6.45) is 0.773. The summed E-state index contributed by atoms with van der Waals surface area (Å²) in [6.45, 7) is 10.3. The lowest BCUT2D eigenvalue weighted by Crippen LogP contribution is -2.38. The number of aryl methyl sites for hydroxylation is 1. The van der Waals surface area contributed by atoms with Crippen LogP contribution in [0.2, 0.25) is 0 Å². The number of Topliss-reactive ketones (excluding diaryl/α,β-unsaturated/α-hetero) is 1. The highest BCUT2D eigenvalue weighted by Crippen LogP contribution is 2.41. The number of aliphatic hydroxyl groups is 1. The fourth-order valence-electron chi connectivity index (χ4n) is 4.48. The van der Waals surface area contributed by atoms with Gasteiger partial charge in [-0.3, -0.25) is 14.5 Å². The molecule has 182 valence electrons. The first-order chi connectivity index (χ1) is 16.4. The second-order valence-corrected chi connectivity index (χ2v) is 9.94. The first kappa shape index (κ1) is 24.4. The van der Waals surface area contributed by atoms with Crippen molar-refractivity contribution in [3.8, 4) is 5.75 Å². The maximum absolute atomic E-state index is 13.1. The second-order valence-electron chi connectivity index (χ2n) is 8.96. The number of hydrogen-bond acceptors (Lipinski definition) is 7. The minimum absolute atomic E-state index is 0.0276. The average Bonchev–Trinajstić information content (AvgIpc) is 3.43. The molecular weight excluding hydrogens is 452 g/mol. The predicted molar refractivity (Wildman–Crippen MR) is 132 cm³/mol. The minimum Gasteiger partial charge on any atom is -0.507 e. The van der Waals surface area contributed by atoms with Crippen LogP contribution in [0.5, 0.6) is 5.75 Å². The molecule has 3 heterocycles. The largest absolute Gasteiger partial charge is 0.507 e. The van der Waals surface area contributed by atoms with Crippen molar-refractivity contribution >= 4 is 28.8 Å². The van der Waals surface area contributed by atoms with Gasteiger partial charge in [0.25, 0.3) is 11.7 Å². The Balaban J connectivity index is 1.62. The highest BCUT2D eigenvalue weighted by atomic mass is 32.1. The number of rotatable bonds is 8. The number of benzene rings is 1. The van der Waals surface area contributed by atoms with Crippen LogP contribution in [-0.2, 0) is 14.3 Å². The zero-order chi connectivity index (χ0) is 24.2. The summed E-state index contributed by atoms with van der Waals surface area (Å²) in [5.74, 6) is -0.614. The summed E-state index contributed by atoms with van der Waals surface area (Å²) in [5.41, 5.74) is 1.50. The Bertz CT molecular complexity index is 1060. The molecule has 2 saturated heterocycles. The molecule has 34 heavy (non-hydrogen) atoms. The molecule has 4 rings (SSSR count). The van der Waals surface area contributed by atoms with Gasteiger partial charge in [0.05, 0.1) is 30.9 Å². The zero-order valence-electron chi connectivity index (χ0n) is 20.0. The molecule has 2 aliphatic rings. The van der Waals surface area contributed by atoms with Crippen LogP contribution in [0.4, 0.5) is 0 Å². The molecule has 1 aromatic heterocycles. The number of carbonyl (C=O) groups is 2. The third-order valence-corrected chi connectivity index (χ3v) is 7.07. The SMILES string of the molecule is Cc1cc(/C(O)=C2\C(=O)C(=O)N(CCCN3CCOCC3)C2c2cccs2)ccc1OC(C)C. The van der Waals surface area contributed by atoms with Gasteiger partial charge in [-0.25, -0.2) is 0 Å². The van der Waals surface area contributed by atoms with E-state index in [0.717, 1.165) is 55.5 Å². The van der Waals surface area contributed by atoms with Crippen LogP contribution >= 0.6 is 11.3 Å². The molecule has 0 saturated carbocycles. The van der Waals surface area contributed by atoms with Gasteiger partial charge in [0.15, 0.2) is 0 Å². The summed E-state index contributed by atoms with van der Waals surface area (Å²) < 4.78 is 11.2. The van der Waals surface area contributed by atoms with Gasteiger partial charge >= 0.3 is 0 Å². The maximum Gasteiger partial charge on any atom is 0.295 e. The van der Waals surface area contributed by atoms with Crippen LogP contribution < -0.4 is 4.74 Å². The number of thiophene rings is 1. The summed E-state index contributed by atoms with van der Waals surface area (Å²) >= 11 is 1.48. The van der Waals surface area contributed by atoms with Crippen molar-refractivity contribution in [3.05, 3.63) is 57.3 Å². The lowest BCUT2D eigenvalue weighted by molar-refractivity contribution is -0.140. The average molecular weight is 485 g/mol. The monoisotopic (exact) mass is 484 g/mol. The highest BCUT2D eigenvalue weighted by molar-refractivity contribution is 7.10. The molecule has 0 spiro atoms. The van der Waals surface area contributed by atoms with Gasteiger partial charge in [0.2, 0.25) is 0 Å². The number of morpholine rings is 1. The van der Waals surface area contributed by atoms with Crippen molar-refractivity contribution in [1.29, 1.82) is 0 Å². The first-order valence-electron chi connectivity index (χ1n) is 11.8. The fraction of sp³-hybridized carbons (Fsp3) is 0.462. The molecule has 0 bridgehead atoms. The van der Waals surface area contributed by atoms with Gasteiger partial charge < -0.3 is 19.5 Å². The van der Waals surface area contributed by atoms with Crippen molar-refractivity contribution in [2.75, 3.05) is 39.4 Å². The van der Waals surface area contributed by atoms with E-state index >= 15 is 0 Å². The molecular formula is C26H32N2O5S. The maximum atomic E-state index is 13.1. The molecule has 0 aliphatic carbocycles. The minimum atomic E-state index is -0.637. The van der Waals surface area contributed by atoms with E-state index in [1.165, 1.54) is 11.3 Å². The highest BCUT2D eigenvalue weighted by Gasteiger charge is 2.46. The number of likely N-dealkylation sites (tertiary alicyclic amines) is 1. The van der Waals surface area contributed by atoms with Gasteiger partial charge in [-0.05, 0) is 62.4 Å². The van der Waals surface area contributed by atoms with Crippen LogP contribution in [-0.4, -0.2) is 72.1 Å². The van der Waals surface area contributed by atoms with E-state index in [1.807, 2.05) is 38.3 Å². The van der Waals surface area contributed by atoms with E-state index in [-0.39, 0.29) is 17.4 Å². The molecule has 2 aromatic rings. The lowest BCUT2D eigenvalue weighted by Gasteiger charge is -2.28. The molecule has 1 atom stereocenters. The molecule has 8 heteroatoms. The Kier molecular flexibility index (Phi) is 7.70. The van der Waals surface area contributed by atoms with Gasteiger partial charge in [0.1, 0.15) is 11.5 Å². The van der Waals surface area contributed by atoms with Gasteiger partial charge in [0, 0.05) is 36.6 Å². The van der Waals surface area contributed by atoms with Crippen LogP contribution in [0.15, 0.2) is 41.3 Å². The number of carbonyl (C=O) groups excluding carboxylic acids is 2. The molecule has 1 unspecified atom stereocenters. The van der Waals surface area contributed by atoms with Crippen LogP contribution in [0.1, 0.15) is 42.3 Å². The standard InChI is InChI=1S/C26H32N2O5S/c1-17(2)33-20-8-7-19(16-18(20)3)24(29)22-23(21-6-4-15-34-21)28(26(31)25(22)30)10-5-9-27-11-13-32-14-12-27/h4,6-8,15-17,23,29H,5,9-14H2,1-3H3/b24-22+. The lowest BCUT2D eigenvalue weighted by atomic mass is 9.98. The summed E-state index contributed by atoms with van der Waals surface area (Å²) in [7, 11) is 0. The molecule has 1 amide bonds. The van der Waals surface area contributed by atoms with Gasteiger partial charge in [-0.2, -0.15) is 0 Å². The number of hydrogen-bond donors (Lipinski definition) is 1. The third kappa shape index (κ3) is 5.19. The Morgan fingerprint density at radius 3 is 2.62 bits per heavy atom. The van der Waals surface area contributed by atoms with Crippen LogP contribution in [0, 0.1) is 6.92 Å². The van der Waals surface area contributed by atoms with Crippen molar-refractivity contribution in [2.45, 2.75) is 39.3 Å². The molecule has 1 aromatic carbocycles. The third-order valence-electron chi connectivity index (χ3n) is 6.14. The Labute approximate surface area is 204 Å². The number of ketones is 1. The van der Waals surface area contributed by atoms with Gasteiger partial charge in [-0.1, -0.05) is 6.07 Å². The summed E-state index contributed by atoms with van der Waals surface area (Å²) in [4.78, 5) is 31.0. The van der Waals surface area contributed by atoms with Crippen molar-refractivity contribution in [2.24, 2.45) is 0 Å². The number of amides is 1. The van der Waals surface area contributed by atoms with Crippen molar-refractivity contribution < 1.29 is 24.2 Å². The van der Waals surface area contributed by atoms with E-state index in [4.69, 9.17) is 9.47 Å². The normalized spacial score (nSPS) is 20.9. The Morgan fingerprint density at radius 1 is 1.21 bits per heavy atom. The quantitative estimate of drug-likeness (QED) is 0.347. The summed E-state index contributed by atoms with van der Waals surface area (Å²) in [6, 6.07) is 8.55. The summed E-state index contributed by atoms with van der Waals surface area (Å²) in [5, 5.41) is 13.2. The Hall–Kier alpha value is -2.68. The van der Waals surface area contributed by atoms with Crippen molar-refractivity contribution in [1.82, 2.24) is 9.80 Å². The Morgan fingerprint density at radius 2 is 1.97 bits per heavy atom. The van der Waals surface area contributed by atoms with Crippen LogP contribution in [0.3, 0.4) is 0 Å². The molecule has 7 nitrogen and oxygen atoms in total. The second kappa shape index (κ2) is 10.7. The van der Waals surface area contributed by atoms with E-state index in [2.05, 4.69) is 4.90 Å². The number of aliphatic hydroxyl groups excluding tert-OH is 1. The molecule has 0 radical (unpaired) electrons. The van der Waals surface area contributed by atoms with Crippen LogP contribution in [0.25, 0.3) is 5.76 Å². The number of ether oxygens (including phenoxy) is 2.